The van der Waals surface area contributed by atoms with E-state index >= 15 is 0 Å². The summed E-state index contributed by atoms with van der Waals surface area (Å²) < 4.78 is 24.8. The van der Waals surface area contributed by atoms with Gasteiger partial charge < -0.3 is 28.5 Å². The van der Waals surface area contributed by atoms with Crippen molar-refractivity contribution in [3.63, 3.8) is 0 Å². The van der Waals surface area contributed by atoms with Gasteiger partial charge in [-0.15, -0.1) is 0 Å². The molecule has 208 valence electrons. The quantitative estimate of drug-likeness (QED) is 0.167. The summed E-state index contributed by atoms with van der Waals surface area (Å²) in [7, 11) is 0.128. The second-order valence-electron chi connectivity index (χ2n) is 11.1. The molecule has 1 heterocycles. The normalized spacial score (nSPS) is 21.7. The van der Waals surface area contributed by atoms with Gasteiger partial charge in [0, 0.05) is 40.4 Å². The maximum Gasteiger partial charge on any atom is 0.192 e. The smallest absolute Gasteiger partial charge is 0.192 e. The lowest BCUT2D eigenvalue weighted by Crippen LogP contribution is -2.52. The van der Waals surface area contributed by atoms with Crippen molar-refractivity contribution >= 4 is 16.6 Å². The molecular formula is C27H58N2O4Si2. The second-order valence-corrected chi connectivity index (χ2v) is 20.5. The fourth-order valence-electron chi connectivity index (χ4n) is 5.97. The van der Waals surface area contributed by atoms with Gasteiger partial charge in [-0.3, -0.25) is 0 Å². The maximum atomic E-state index is 7.12. The first-order valence-corrected chi connectivity index (χ1v) is 19.7. The van der Waals surface area contributed by atoms with Crippen molar-refractivity contribution in [3.8, 4) is 0 Å². The number of likely N-dealkylation sites (tertiary alicyclic amines) is 1. The number of nitrogens with one attached hydrogen (secondary N) is 1. The standard InChI is InChI=1S/C27H58N2O4Si2/c1-9-34(10-2,11-3)32-24(21-28-22-26(30-7)31-8)15-19-29-20-18-27(16-17-27)25(23-29)33-35(12-4,13-5)14-6/h24-26,28H,9-23H2,1-8H3/t24-,25-/m1/s1. The van der Waals surface area contributed by atoms with Crippen LogP contribution in [0.1, 0.15) is 67.2 Å². The number of piperidine rings is 1. The lowest BCUT2D eigenvalue weighted by molar-refractivity contribution is -0.0993. The Kier molecular flexibility index (Phi) is 13.4. The molecule has 0 aromatic heterocycles. The average molecular weight is 531 g/mol. The maximum absolute atomic E-state index is 7.12. The fraction of sp³-hybridized carbons (Fsp3) is 1.00. The molecule has 35 heavy (non-hydrogen) atoms. The van der Waals surface area contributed by atoms with Gasteiger partial charge in [-0.2, -0.15) is 0 Å². The summed E-state index contributed by atoms with van der Waals surface area (Å²) in [6.45, 7) is 19.0. The van der Waals surface area contributed by atoms with Crippen LogP contribution in [0.4, 0.5) is 0 Å². The van der Waals surface area contributed by atoms with Gasteiger partial charge in [0.2, 0.25) is 0 Å². The first-order valence-electron chi connectivity index (χ1n) is 14.7. The molecule has 1 aliphatic heterocycles. The van der Waals surface area contributed by atoms with Crippen LogP contribution in [0.25, 0.3) is 0 Å². The zero-order chi connectivity index (χ0) is 26.0. The van der Waals surface area contributed by atoms with Crippen molar-refractivity contribution in [2.75, 3.05) is 46.9 Å². The molecule has 0 radical (unpaired) electrons. The summed E-state index contributed by atoms with van der Waals surface area (Å²) >= 11 is 0. The zero-order valence-corrected chi connectivity index (χ0v) is 26.4. The van der Waals surface area contributed by atoms with E-state index in [0.717, 1.165) is 26.1 Å². The molecular weight excluding hydrogens is 472 g/mol. The molecule has 0 bridgehead atoms. The third-order valence-electron chi connectivity index (χ3n) is 9.58. The summed E-state index contributed by atoms with van der Waals surface area (Å²) in [5.74, 6) is 0. The molecule has 2 fully saturated rings. The highest BCUT2D eigenvalue weighted by molar-refractivity contribution is 6.74. The molecule has 1 aliphatic carbocycles. The van der Waals surface area contributed by atoms with E-state index in [1.54, 1.807) is 14.2 Å². The Morgan fingerprint density at radius 2 is 1.40 bits per heavy atom. The second kappa shape index (κ2) is 15.0. The molecule has 0 amide bonds. The van der Waals surface area contributed by atoms with Crippen LogP contribution in [0.5, 0.6) is 0 Å². The number of hydrogen-bond acceptors (Lipinski definition) is 6. The van der Waals surface area contributed by atoms with Crippen LogP contribution in [-0.4, -0.2) is 87.0 Å². The van der Waals surface area contributed by atoms with Crippen molar-refractivity contribution in [2.24, 2.45) is 5.41 Å². The first kappa shape index (κ1) is 31.4. The van der Waals surface area contributed by atoms with Crippen LogP contribution in [0.3, 0.4) is 0 Å². The van der Waals surface area contributed by atoms with Crippen LogP contribution >= 0.6 is 0 Å². The van der Waals surface area contributed by atoms with Gasteiger partial charge >= 0.3 is 0 Å². The largest absolute Gasteiger partial charge is 0.413 e. The molecule has 8 heteroatoms. The molecule has 1 saturated carbocycles. The lowest BCUT2D eigenvalue weighted by Gasteiger charge is -2.44. The lowest BCUT2D eigenvalue weighted by atomic mass is 9.90. The Labute approximate surface area is 219 Å². The highest BCUT2D eigenvalue weighted by Gasteiger charge is 2.54. The van der Waals surface area contributed by atoms with E-state index in [9.17, 15) is 0 Å². The van der Waals surface area contributed by atoms with Crippen molar-refractivity contribution < 1.29 is 18.3 Å². The van der Waals surface area contributed by atoms with E-state index in [1.807, 2.05) is 0 Å². The Hall–Kier alpha value is 0.194. The fourth-order valence-corrected chi connectivity index (χ4v) is 11.8. The molecule has 0 aromatic carbocycles. The van der Waals surface area contributed by atoms with E-state index in [-0.39, 0.29) is 12.4 Å². The molecule has 2 atom stereocenters. The van der Waals surface area contributed by atoms with Crippen LogP contribution in [0.15, 0.2) is 0 Å². The van der Waals surface area contributed by atoms with Crippen molar-refractivity contribution in [3.05, 3.63) is 0 Å². The van der Waals surface area contributed by atoms with E-state index < -0.39 is 16.6 Å². The van der Waals surface area contributed by atoms with Crippen LogP contribution in [0.2, 0.25) is 36.3 Å². The summed E-state index contributed by atoms with van der Waals surface area (Å²) in [6, 6.07) is 7.31. The van der Waals surface area contributed by atoms with Crippen molar-refractivity contribution in [1.29, 1.82) is 0 Å². The van der Waals surface area contributed by atoms with Crippen LogP contribution < -0.4 is 5.32 Å². The molecule has 1 saturated heterocycles. The Morgan fingerprint density at radius 3 is 1.89 bits per heavy atom. The Morgan fingerprint density at radius 1 is 0.829 bits per heavy atom. The van der Waals surface area contributed by atoms with Gasteiger partial charge in [-0.05, 0) is 73.9 Å². The first-order chi connectivity index (χ1) is 16.8. The minimum Gasteiger partial charge on any atom is -0.413 e. The van der Waals surface area contributed by atoms with E-state index in [2.05, 4.69) is 51.8 Å². The van der Waals surface area contributed by atoms with Crippen molar-refractivity contribution in [1.82, 2.24) is 10.2 Å². The van der Waals surface area contributed by atoms with Crippen LogP contribution in [0, 0.1) is 5.41 Å². The molecule has 6 nitrogen and oxygen atoms in total. The molecule has 0 unspecified atom stereocenters. The highest BCUT2D eigenvalue weighted by Crippen LogP contribution is 2.55. The topological polar surface area (TPSA) is 52.2 Å². The molecule has 2 aliphatic rings. The highest BCUT2D eigenvalue weighted by atomic mass is 28.4. The van der Waals surface area contributed by atoms with Gasteiger partial charge in [0.25, 0.3) is 0 Å². The molecule has 1 spiro atoms. The number of rotatable bonds is 19. The minimum absolute atomic E-state index is 0.212. The molecule has 1 N–H and O–H groups in total. The van der Waals surface area contributed by atoms with E-state index in [1.165, 1.54) is 62.1 Å². The summed E-state index contributed by atoms with van der Waals surface area (Å²) in [5, 5.41) is 3.57. The Bertz CT molecular complexity index is 565. The minimum atomic E-state index is -1.67. The predicted molar refractivity (Wildman–Crippen MR) is 152 cm³/mol. The monoisotopic (exact) mass is 530 g/mol. The van der Waals surface area contributed by atoms with Gasteiger partial charge in [-0.1, -0.05) is 41.5 Å². The number of methoxy groups -OCH3 is 2. The summed E-state index contributed by atoms with van der Waals surface area (Å²) in [5.41, 5.74) is 0.496. The van der Waals surface area contributed by atoms with Gasteiger partial charge in [0.15, 0.2) is 22.9 Å². The molecule has 0 aromatic rings. The van der Waals surface area contributed by atoms with Gasteiger partial charge in [-0.25, -0.2) is 0 Å². The molecule has 2 rings (SSSR count). The average Bonchev–Trinajstić information content (AvgIpc) is 3.68. The van der Waals surface area contributed by atoms with Gasteiger partial charge in [0.05, 0.1) is 12.2 Å². The predicted octanol–water partition coefficient (Wildman–Crippen LogP) is 5.85. The summed E-state index contributed by atoms with van der Waals surface area (Å²) in [6.07, 6.45) is 5.60. The van der Waals surface area contributed by atoms with E-state index in [0.29, 0.717) is 18.1 Å². The SMILES string of the molecule is CC[Si](CC)(CC)O[C@H](CCN1CCC2(CC2)[C@H](O[Si](CC)(CC)CC)C1)CNCC(OC)OC. The van der Waals surface area contributed by atoms with Crippen molar-refractivity contribution in [2.45, 2.75) is 122 Å². The third-order valence-corrected chi connectivity index (χ3v) is 18.9. The third kappa shape index (κ3) is 8.60. The van der Waals surface area contributed by atoms with Gasteiger partial charge in [0.1, 0.15) is 0 Å². The number of hydrogen-bond donors (Lipinski definition) is 1. The number of nitrogens with zero attached hydrogens (tertiary/aromatic N) is 1. The summed E-state index contributed by atoms with van der Waals surface area (Å²) in [4.78, 5) is 2.69. The van der Waals surface area contributed by atoms with Crippen LogP contribution in [-0.2, 0) is 18.3 Å². The number of ether oxygens (including phenoxy) is 2. The Balaban J connectivity index is 2.01. The van der Waals surface area contributed by atoms with E-state index in [4.69, 9.17) is 18.3 Å². The zero-order valence-electron chi connectivity index (χ0n) is 24.4.